The van der Waals surface area contributed by atoms with Crippen molar-refractivity contribution in [3.05, 3.63) is 122 Å². The Morgan fingerprint density at radius 3 is 0.972 bits per heavy atom. The van der Waals surface area contributed by atoms with Crippen LogP contribution in [0.2, 0.25) is 0 Å². The van der Waals surface area contributed by atoms with E-state index in [1.807, 2.05) is 6.08 Å². The van der Waals surface area contributed by atoms with Crippen LogP contribution in [0.5, 0.6) is 0 Å². The molecular formula is C66H108O6. The van der Waals surface area contributed by atoms with Crippen LogP contribution in [-0.2, 0) is 28.6 Å². The van der Waals surface area contributed by atoms with Crippen LogP contribution in [-0.4, -0.2) is 37.2 Å². The van der Waals surface area contributed by atoms with Crippen molar-refractivity contribution in [2.75, 3.05) is 13.2 Å². The van der Waals surface area contributed by atoms with Crippen LogP contribution in [0.15, 0.2) is 122 Å². The summed E-state index contributed by atoms with van der Waals surface area (Å²) < 4.78 is 16.8. The van der Waals surface area contributed by atoms with Crippen LogP contribution < -0.4 is 0 Å². The van der Waals surface area contributed by atoms with E-state index in [1.165, 1.54) is 122 Å². The highest BCUT2D eigenvalue weighted by molar-refractivity contribution is 5.71. The monoisotopic (exact) mass is 997 g/mol. The van der Waals surface area contributed by atoms with Crippen molar-refractivity contribution in [2.24, 2.45) is 0 Å². The number of esters is 3. The smallest absolute Gasteiger partial charge is 0.306 e. The maximum atomic E-state index is 12.9. The van der Waals surface area contributed by atoms with Gasteiger partial charge in [0.1, 0.15) is 13.2 Å². The van der Waals surface area contributed by atoms with Gasteiger partial charge in [-0.25, -0.2) is 0 Å². The molecule has 0 unspecified atom stereocenters. The average Bonchev–Trinajstić information content (AvgIpc) is 3.38. The molecule has 0 saturated carbocycles. The van der Waals surface area contributed by atoms with E-state index in [4.69, 9.17) is 14.2 Å². The first-order valence-corrected chi connectivity index (χ1v) is 29.5. The van der Waals surface area contributed by atoms with Crippen LogP contribution in [0, 0.1) is 0 Å². The molecule has 0 rings (SSSR count). The maximum Gasteiger partial charge on any atom is 0.306 e. The van der Waals surface area contributed by atoms with Gasteiger partial charge in [-0.1, -0.05) is 264 Å². The Bertz CT molecular complexity index is 1520. The van der Waals surface area contributed by atoms with Crippen molar-refractivity contribution in [3.63, 3.8) is 0 Å². The summed E-state index contributed by atoms with van der Waals surface area (Å²) in [5, 5.41) is 0. The first kappa shape index (κ1) is 67.8. The quantitative estimate of drug-likeness (QED) is 0.0261. The molecule has 0 aliphatic heterocycles. The molecule has 0 radical (unpaired) electrons. The summed E-state index contributed by atoms with van der Waals surface area (Å²) in [6, 6.07) is 0. The van der Waals surface area contributed by atoms with Crippen molar-refractivity contribution < 1.29 is 28.6 Å². The highest BCUT2D eigenvalue weighted by Crippen LogP contribution is 2.15. The van der Waals surface area contributed by atoms with Crippen molar-refractivity contribution in [3.8, 4) is 0 Å². The summed E-state index contributed by atoms with van der Waals surface area (Å²) in [7, 11) is 0. The summed E-state index contributed by atoms with van der Waals surface area (Å²) >= 11 is 0. The van der Waals surface area contributed by atoms with E-state index in [1.54, 1.807) is 0 Å². The van der Waals surface area contributed by atoms with Gasteiger partial charge in [-0.3, -0.25) is 14.4 Å². The molecule has 0 aliphatic rings. The Labute approximate surface area is 443 Å². The van der Waals surface area contributed by atoms with E-state index in [-0.39, 0.29) is 44.0 Å². The number of allylic oxidation sites excluding steroid dienone is 20. The SMILES string of the molecule is CC/C=C\C/C=C\C/C=C\C/C=C\C/C=C\C/C=C\CCC(=O)OC[C@@H](COC(=O)CCC/C=C\C/C=C\C/C=C\C/C=C\CCCCC)OC(=O)CCCCCCCCCCCCCCCCCCCC. The second-order valence-corrected chi connectivity index (χ2v) is 19.2. The minimum Gasteiger partial charge on any atom is -0.462 e. The van der Waals surface area contributed by atoms with Crippen LogP contribution in [0.3, 0.4) is 0 Å². The van der Waals surface area contributed by atoms with Gasteiger partial charge in [0.05, 0.1) is 0 Å². The first-order chi connectivity index (χ1) is 35.5. The summed E-state index contributed by atoms with van der Waals surface area (Å²) in [5.74, 6) is -1.06. The van der Waals surface area contributed by atoms with Crippen LogP contribution in [0.25, 0.3) is 0 Å². The molecular weight excluding hydrogens is 889 g/mol. The number of ether oxygens (including phenoxy) is 3. The summed E-state index contributed by atoms with van der Waals surface area (Å²) in [6.45, 7) is 6.40. The van der Waals surface area contributed by atoms with Crippen molar-refractivity contribution in [1.82, 2.24) is 0 Å². The topological polar surface area (TPSA) is 78.9 Å². The van der Waals surface area contributed by atoms with Crippen molar-refractivity contribution >= 4 is 17.9 Å². The van der Waals surface area contributed by atoms with Gasteiger partial charge in [0, 0.05) is 19.3 Å². The minimum absolute atomic E-state index is 0.131. The lowest BCUT2D eigenvalue weighted by Crippen LogP contribution is -2.30. The Morgan fingerprint density at radius 2 is 0.583 bits per heavy atom. The van der Waals surface area contributed by atoms with Gasteiger partial charge in [-0.15, -0.1) is 0 Å². The van der Waals surface area contributed by atoms with Gasteiger partial charge in [-0.2, -0.15) is 0 Å². The second-order valence-electron chi connectivity index (χ2n) is 19.2. The fourth-order valence-corrected chi connectivity index (χ4v) is 7.81. The first-order valence-electron chi connectivity index (χ1n) is 29.5. The molecule has 0 heterocycles. The molecule has 6 heteroatoms. The average molecular weight is 998 g/mol. The zero-order chi connectivity index (χ0) is 52.2. The van der Waals surface area contributed by atoms with E-state index >= 15 is 0 Å². The Kier molecular flexibility index (Phi) is 55.9. The Balaban J connectivity index is 4.57. The molecule has 0 N–H and O–H groups in total. The number of rotatable bonds is 52. The molecule has 0 spiro atoms. The summed E-state index contributed by atoms with van der Waals surface area (Å²) in [6.07, 6.45) is 82.1. The van der Waals surface area contributed by atoms with Crippen LogP contribution in [0.4, 0.5) is 0 Å². The molecule has 72 heavy (non-hydrogen) atoms. The van der Waals surface area contributed by atoms with Gasteiger partial charge < -0.3 is 14.2 Å². The van der Waals surface area contributed by atoms with Crippen molar-refractivity contribution in [1.29, 1.82) is 0 Å². The van der Waals surface area contributed by atoms with Gasteiger partial charge in [0.25, 0.3) is 0 Å². The lowest BCUT2D eigenvalue weighted by molar-refractivity contribution is -0.166. The molecule has 0 saturated heterocycles. The third-order valence-electron chi connectivity index (χ3n) is 12.2. The molecule has 0 aromatic heterocycles. The molecule has 0 bridgehead atoms. The van der Waals surface area contributed by atoms with Gasteiger partial charge in [-0.05, 0) is 96.3 Å². The van der Waals surface area contributed by atoms with Gasteiger partial charge >= 0.3 is 17.9 Å². The van der Waals surface area contributed by atoms with Crippen LogP contribution in [0.1, 0.15) is 258 Å². The summed E-state index contributed by atoms with van der Waals surface area (Å²) in [5.41, 5.74) is 0. The molecule has 0 amide bonds. The molecule has 0 fully saturated rings. The minimum atomic E-state index is -0.833. The third-order valence-corrected chi connectivity index (χ3v) is 12.2. The Morgan fingerprint density at radius 1 is 0.292 bits per heavy atom. The van der Waals surface area contributed by atoms with E-state index in [0.29, 0.717) is 19.3 Å². The highest BCUT2D eigenvalue weighted by atomic mass is 16.6. The fraction of sp³-hybridized carbons (Fsp3) is 0.652. The highest BCUT2D eigenvalue weighted by Gasteiger charge is 2.19. The van der Waals surface area contributed by atoms with Gasteiger partial charge in [0.2, 0.25) is 0 Å². The molecule has 1 atom stereocenters. The number of carbonyl (C=O) groups is 3. The molecule has 6 nitrogen and oxygen atoms in total. The normalized spacial score (nSPS) is 13.0. The van der Waals surface area contributed by atoms with E-state index in [2.05, 4.69) is 136 Å². The number of carbonyl (C=O) groups excluding carboxylic acids is 3. The zero-order valence-corrected chi connectivity index (χ0v) is 46.7. The van der Waals surface area contributed by atoms with Gasteiger partial charge in [0.15, 0.2) is 6.10 Å². The predicted octanol–water partition coefficient (Wildman–Crippen LogP) is 20.0. The zero-order valence-electron chi connectivity index (χ0n) is 46.7. The molecule has 408 valence electrons. The Hall–Kier alpha value is -4.19. The number of hydrogen-bond acceptors (Lipinski definition) is 6. The molecule has 0 aromatic rings. The molecule has 0 aliphatic carbocycles. The summed E-state index contributed by atoms with van der Waals surface area (Å²) in [4.78, 5) is 38.2. The number of hydrogen-bond donors (Lipinski definition) is 0. The van der Waals surface area contributed by atoms with Crippen LogP contribution >= 0.6 is 0 Å². The third kappa shape index (κ3) is 56.7. The number of unbranched alkanes of at least 4 members (excludes halogenated alkanes) is 21. The van der Waals surface area contributed by atoms with Crippen molar-refractivity contribution in [2.45, 2.75) is 264 Å². The molecule has 0 aromatic carbocycles. The van der Waals surface area contributed by atoms with E-state index in [9.17, 15) is 14.4 Å². The van der Waals surface area contributed by atoms with E-state index in [0.717, 1.165) is 83.5 Å². The lowest BCUT2D eigenvalue weighted by Gasteiger charge is -2.18. The largest absolute Gasteiger partial charge is 0.462 e. The maximum absolute atomic E-state index is 12.9. The fourth-order valence-electron chi connectivity index (χ4n) is 7.81. The predicted molar refractivity (Wildman–Crippen MR) is 311 cm³/mol. The van der Waals surface area contributed by atoms with E-state index < -0.39 is 6.10 Å². The lowest BCUT2D eigenvalue weighted by atomic mass is 10.0. The standard InChI is InChI=1S/C66H108O6/c1-4-7-10-13-16-19-22-25-28-31-33-36-38-41-44-47-50-53-56-59-65(68)71-62-63(61-70-64(67)58-55-52-49-46-43-40-37-34-30-27-24-21-18-15-12-9-6-3)72-66(69)60-57-54-51-48-45-42-39-35-32-29-26-23-20-17-14-11-8-5-2/h7,10,16,18-19,21,25,27-28,30,33,36-37,40-41,44,46,49-50,53,63H,4-6,8-9,11-15,17,20,22-24,26,29,31-32,34-35,38-39,42-43,45,47-48,51-52,54-62H2,1-3H3/b10-7-,19-16-,21-18-,28-25-,30-27-,36-33-,40-37-,44-41-,49-46-,53-50-/t63-/m1/s1. The second kappa shape index (κ2) is 59.4.